The standard InChI is InChI=1S/C13H10IN2O3/c1-15(17)12-6-2-10(3-7-12)14-11-4-8-13(9-5-11)16(18)19/h2-9H,1H2/q+1. The second-order valence-corrected chi connectivity index (χ2v) is 6.71. The van der Waals surface area contributed by atoms with Gasteiger partial charge in [-0.1, -0.05) is 0 Å². The number of non-ortho nitro benzene ring substituents is 1. The van der Waals surface area contributed by atoms with Crippen molar-refractivity contribution in [1.29, 1.82) is 0 Å². The van der Waals surface area contributed by atoms with Gasteiger partial charge in [-0.25, -0.2) is 0 Å². The van der Waals surface area contributed by atoms with E-state index in [0.29, 0.717) is 10.4 Å². The zero-order valence-electron chi connectivity index (χ0n) is 9.82. The predicted octanol–water partition coefficient (Wildman–Crippen LogP) is -0.434. The van der Waals surface area contributed by atoms with Crippen LogP contribution in [0.5, 0.6) is 0 Å². The summed E-state index contributed by atoms with van der Waals surface area (Å²) in [5.41, 5.74) is 0.610. The zero-order chi connectivity index (χ0) is 13.8. The van der Waals surface area contributed by atoms with Crippen molar-refractivity contribution in [2.45, 2.75) is 0 Å². The molecule has 0 radical (unpaired) electrons. The largest absolute Gasteiger partial charge is 0.619 e. The first kappa shape index (κ1) is 13.5. The highest BCUT2D eigenvalue weighted by Gasteiger charge is 2.17. The van der Waals surface area contributed by atoms with Crippen LogP contribution in [0.25, 0.3) is 0 Å². The van der Waals surface area contributed by atoms with Crippen LogP contribution >= 0.6 is 0 Å². The Morgan fingerprint density at radius 2 is 1.26 bits per heavy atom. The highest BCUT2D eigenvalue weighted by Crippen LogP contribution is 2.08. The zero-order valence-corrected chi connectivity index (χ0v) is 12.0. The molecule has 0 atom stereocenters. The third-order valence-corrected chi connectivity index (χ3v) is 5.05. The molecule has 0 aliphatic rings. The highest BCUT2D eigenvalue weighted by atomic mass is 127. The maximum atomic E-state index is 11.0. The van der Waals surface area contributed by atoms with E-state index in [2.05, 4.69) is 6.72 Å². The maximum Gasteiger partial charge on any atom is 0.357 e. The quantitative estimate of drug-likeness (QED) is 0.183. The van der Waals surface area contributed by atoms with Crippen molar-refractivity contribution in [2.24, 2.45) is 0 Å². The molecule has 2 rings (SSSR count). The lowest BCUT2D eigenvalue weighted by Gasteiger charge is -1.97. The molecule has 0 aliphatic carbocycles. The van der Waals surface area contributed by atoms with Crippen molar-refractivity contribution in [3.05, 3.63) is 71.0 Å². The number of hydrogen-bond acceptors (Lipinski definition) is 3. The first-order valence-electron chi connectivity index (χ1n) is 5.33. The minimum atomic E-state index is -0.409. The van der Waals surface area contributed by atoms with E-state index in [4.69, 9.17) is 0 Å². The molecule has 2 aromatic carbocycles. The Kier molecular flexibility index (Phi) is 4.10. The number of nitro groups is 1. The van der Waals surface area contributed by atoms with Gasteiger partial charge < -0.3 is 5.21 Å². The second kappa shape index (κ2) is 5.79. The molecule has 2 aromatic rings. The van der Waals surface area contributed by atoms with Crippen LogP contribution in [-0.2, 0) is 0 Å². The molecule has 0 N–H and O–H groups in total. The molecule has 0 heterocycles. The Morgan fingerprint density at radius 1 is 0.842 bits per heavy atom. The summed E-state index contributed by atoms with van der Waals surface area (Å²) in [5, 5.41) is 21.5. The van der Waals surface area contributed by atoms with Gasteiger partial charge in [-0.3, -0.25) is 10.1 Å². The van der Waals surface area contributed by atoms with Crippen molar-refractivity contribution in [3.8, 4) is 0 Å². The molecule has 0 amide bonds. The van der Waals surface area contributed by atoms with Crippen LogP contribution in [0.4, 0.5) is 11.4 Å². The average molecular weight is 369 g/mol. The summed E-state index contributed by atoms with van der Waals surface area (Å²) < 4.78 is 2.79. The number of rotatable bonds is 4. The number of hydrogen-bond donors (Lipinski definition) is 0. The van der Waals surface area contributed by atoms with E-state index in [1.165, 1.54) is 12.1 Å². The molecule has 0 saturated heterocycles. The van der Waals surface area contributed by atoms with Gasteiger partial charge >= 0.3 is 21.2 Å². The Labute approximate surface area is 120 Å². The van der Waals surface area contributed by atoms with Gasteiger partial charge in [-0.2, -0.15) is 4.74 Å². The van der Waals surface area contributed by atoms with Gasteiger partial charge in [0.2, 0.25) is 5.69 Å². The Bertz CT molecular complexity index is 553. The minimum absolute atomic E-state index is 0.0992. The maximum absolute atomic E-state index is 11.0. The molecule has 0 bridgehead atoms. The molecule has 0 saturated carbocycles. The molecule has 0 unspecified atom stereocenters. The van der Waals surface area contributed by atoms with E-state index >= 15 is 0 Å². The van der Waals surface area contributed by atoms with Crippen molar-refractivity contribution >= 4 is 18.1 Å². The van der Waals surface area contributed by atoms with Gasteiger partial charge in [0.1, 0.15) is 6.72 Å². The van der Waals surface area contributed by atoms with E-state index in [1.807, 2.05) is 12.1 Å². The molecule has 5 nitrogen and oxygen atoms in total. The summed E-state index contributed by atoms with van der Waals surface area (Å²) in [6.07, 6.45) is 0. The summed E-state index contributed by atoms with van der Waals surface area (Å²) in [6.45, 7) is 3.27. The lowest BCUT2D eigenvalue weighted by molar-refractivity contribution is -0.597. The topological polar surface area (TPSA) is 69.2 Å². The van der Waals surface area contributed by atoms with E-state index < -0.39 is 26.1 Å². The summed E-state index contributed by atoms with van der Waals surface area (Å²) >= 11 is -0.400. The van der Waals surface area contributed by atoms with Crippen molar-refractivity contribution in [1.82, 2.24) is 0 Å². The van der Waals surface area contributed by atoms with Crippen LogP contribution in [0.2, 0.25) is 0 Å². The third-order valence-electron chi connectivity index (χ3n) is 2.37. The monoisotopic (exact) mass is 369 g/mol. The average Bonchev–Trinajstić information content (AvgIpc) is 2.40. The molecule has 0 aromatic heterocycles. The highest BCUT2D eigenvalue weighted by molar-refractivity contribution is 5.33. The van der Waals surface area contributed by atoms with E-state index in [1.54, 1.807) is 24.3 Å². The summed E-state index contributed by atoms with van der Waals surface area (Å²) in [7, 11) is 0. The van der Waals surface area contributed by atoms with Crippen LogP contribution < -0.4 is 21.2 Å². The normalized spacial score (nSPS) is 10.1. The van der Waals surface area contributed by atoms with Crippen LogP contribution in [-0.4, -0.2) is 16.4 Å². The van der Waals surface area contributed by atoms with Crippen molar-refractivity contribution in [3.63, 3.8) is 0 Å². The minimum Gasteiger partial charge on any atom is -0.619 e. The smallest absolute Gasteiger partial charge is 0.357 e. The Balaban J connectivity index is 2.12. The summed E-state index contributed by atoms with van der Waals surface area (Å²) in [6, 6.07) is 13.8. The van der Waals surface area contributed by atoms with Crippen LogP contribution in [0, 0.1) is 22.5 Å². The lowest BCUT2D eigenvalue weighted by Crippen LogP contribution is -3.61. The van der Waals surface area contributed by atoms with Crippen molar-refractivity contribution in [2.75, 3.05) is 0 Å². The fourth-order valence-corrected chi connectivity index (χ4v) is 3.58. The number of nitrogens with zero attached hydrogens (tertiary/aromatic N) is 2. The van der Waals surface area contributed by atoms with E-state index in [0.717, 1.165) is 7.14 Å². The van der Waals surface area contributed by atoms with Crippen LogP contribution in [0.1, 0.15) is 0 Å². The fraction of sp³-hybridized carbons (Fsp3) is 0. The SMILES string of the molecule is C=[N+]([O-])c1ccc([I+]c2ccc([N+](=O)[O-])cc2)cc1. The molecular formula is C13H10IN2O3+. The molecule has 0 fully saturated rings. The summed E-state index contributed by atoms with van der Waals surface area (Å²) in [5.74, 6) is 0. The molecule has 0 aliphatic heterocycles. The number of nitro benzene ring substituents is 1. The predicted molar refractivity (Wildman–Crippen MR) is 67.3 cm³/mol. The lowest BCUT2D eigenvalue weighted by atomic mass is 10.3. The van der Waals surface area contributed by atoms with Crippen LogP contribution in [0.15, 0.2) is 48.5 Å². The van der Waals surface area contributed by atoms with Gasteiger partial charge in [-0.15, -0.1) is 0 Å². The molecule has 6 heteroatoms. The second-order valence-electron chi connectivity index (χ2n) is 3.68. The molecule has 0 spiro atoms. The van der Waals surface area contributed by atoms with Crippen molar-refractivity contribution < 1.29 is 30.9 Å². The van der Waals surface area contributed by atoms with E-state index in [9.17, 15) is 15.3 Å². The van der Waals surface area contributed by atoms with Gasteiger partial charge in [0.15, 0.2) is 7.14 Å². The molecule has 19 heavy (non-hydrogen) atoms. The molecular weight excluding hydrogens is 359 g/mol. The number of benzene rings is 2. The van der Waals surface area contributed by atoms with Crippen LogP contribution in [0.3, 0.4) is 0 Å². The van der Waals surface area contributed by atoms with Gasteiger partial charge in [0.05, 0.1) is 4.92 Å². The Hall–Kier alpha value is -1.96. The van der Waals surface area contributed by atoms with E-state index in [-0.39, 0.29) is 5.69 Å². The number of halogens is 1. The van der Waals surface area contributed by atoms with Gasteiger partial charge in [0.25, 0.3) is 5.69 Å². The van der Waals surface area contributed by atoms with Gasteiger partial charge in [-0.05, 0) is 24.3 Å². The summed E-state index contributed by atoms with van der Waals surface area (Å²) in [4.78, 5) is 10.1. The fourth-order valence-electron chi connectivity index (χ4n) is 1.42. The first-order valence-corrected chi connectivity index (χ1v) is 7.49. The first-order chi connectivity index (χ1) is 9.06. The van der Waals surface area contributed by atoms with Gasteiger partial charge in [0, 0.05) is 24.3 Å². The molecule has 96 valence electrons. The third kappa shape index (κ3) is 3.50. The Morgan fingerprint density at radius 3 is 1.63 bits per heavy atom.